The predicted molar refractivity (Wildman–Crippen MR) is 82.4 cm³/mol. The van der Waals surface area contributed by atoms with Gasteiger partial charge in [0.2, 0.25) is 5.88 Å². The molecule has 2 aromatic rings. The second-order valence-electron chi connectivity index (χ2n) is 4.57. The highest BCUT2D eigenvalue weighted by molar-refractivity contribution is 6.31. The summed E-state index contributed by atoms with van der Waals surface area (Å²) in [6, 6.07) is 5.54. The van der Waals surface area contributed by atoms with Gasteiger partial charge in [-0.15, -0.1) is 0 Å². The lowest BCUT2D eigenvalue weighted by Crippen LogP contribution is -2.25. The maximum Gasteiger partial charge on any atom is 0.224 e. The number of rotatable bonds is 7. The molecule has 1 aromatic heterocycles. The Balaban J connectivity index is 1.98. The molecule has 0 aliphatic carbocycles. The molecule has 5 heteroatoms. The van der Waals surface area contributed by atoms with E-state index in [0.717, 1.165) is 37.0 Å². The first-order chi connectivity index (χ1) is 9.74. The summed E-state index contributed by atoms with van der Waals surface area (Å²) in [6.07, 6.45) is 2.50. The van der Waals surface area contributed by atoms with Crippen molar-refractivity contribution in [3.05, 3.63) is 29.5 Å². The summed E-state index contributed by atoms with van der Waals surface area (Å²) < 4.78 is 5.78. The quantitative estimate of drug-likeness (QED) is 0.734. The lowest BCUT2D eigenvalue weighted by molar-refractivity contribution is 0.246. The van der Waals surface area contributed by atoms with Crippen molar-refractivity contribution < 1.29 is 4.74 Å². The molecule has 0 spiro atoms. The van der Waals surface area contributed by atoms with Crippen molar-refractivity contribution in [1.82, 2.24) is 14.9 Å². The minimum Gasteiger partial charge on any atom is -0.477 e. The highest BCUT2D eigenvalue weighted by Gasteiger charge is 2.06. The van der Waals surface area contributed by atoms with Crippen LogP contribution < -0.4 is 4.74 Å². The van der Waals surface area contributed by atoms with Crippen LogP contribution in [0.25, 0.3) is 10.9 Å². The molecule has 0 N–H and O–H groups in total. The summed E-state index contributed by atoms with van der Waals surface area (Å²) in [5.74, 6) is 0.608. The summed E-state index contributed by atoms with van der Waals surface area (Å²) in [6.45, 7) is 8.17. The smallest absolute Gasteiger partial charge is 0.224 e. The average Bonchev–Trinajstić information content (AvgIpc) is 2.47. The van der Waals surface area contributed by atoms with Crippen LogP contribution in [0, 0.1) is 0 Å². The van der Waals surface area contributed by atoms with Crippen LogP contribution in [-0.2, 0) is 0 Å². The topological polar surface area (TPSA) is 38.2 Å². The summed E-state index contributed by atoms with van der Waals surface area (Å²) >= 11 is 6.01. The fourth-order valence-electron chi connectivity index (χ4n) is 2.12. The van der Waals surface area contributed by atoms with Crippen LogP contribution in [0.3, 0.4) is 0 Å². The van der Waals surface area contributed by atoms with Gasteiger partial charge in [0, 0.05) is 11.6 Å². The van der Waals surface area contributed by atoms with E-state index in [0.29, 0.717) is 17.5 Å². The molecule has 0 aliphatic heterocycles. The number of hydrogen-bond donors (Lipinski definition) is 0. The largest absolute Gasteiger partial charge is 0.477 e. The molecule has 1 heterocycles. The Morgan fingerprint density at radius 1 is 1.20 bits per heavy atom. The van der Waals surface area contributed by atoms with E-state index < -0.39 is 0 Å². The van der Waals surface area contributed by atoms with Gasteiger partial charge in [-0.25, -0.2) is 9.97 Å². The second-order valence-corrected chi connectivity index (χ2v) is 5.01. The molecule has 0 bridgehead atoms. The number of fused-ring (bicyclic) bond motifs is 1. The van der Waals surface area contributed by atoms with Crippen molar-refractivity contribution >= 4 is 22.5 Å². The standard InChI is InChI=1S/C15H20ClN3O/c1-3-19(4-2)8-5-9-20-15-13-10-12(16)6-7-14(13)17-11-18-15/h6-7,10-11H,3-5,8-9H2,1-2H3. The number of hydrogen-bond acceptors (Lipinski definition) is 4. The zero-order chi connectivity index (χ0) is 14.4. The van der Waals surface area contributed by atoms with Crippen molar-refractivity contribution in [3.8, 4) is 5.88 Å². The fourth-order valence-corrected chi connectivity index (χ4v) is 2.29. The molecule has 0 fully saturated rings. The lowest BCUT2D eigenvalue weighted by atomic mass is 10.2. The van der Waals surface area contributed by atoms with Crippen LogP contribution in [0.5, 0.6) is 5.88 Å². The van der Waals surface area contributed by atoms with E-state index in [-0.39, 0.29) is 0 Å². The molecule has 0 atom stereocenters. The van der Waals surface area contributed by atoms with E-state index in [9.17, 15) is 0 Å². The van der Waals surface area contributed by atoms with E-state index in [4.69, 9.17) is 16.3 Å². The van der Waals surface area contributed by atoms with Crippen molar-refractivity contribution in [2.24, 2.45) is 0 Å². The van der Waals surface area contributed by atoms with Gasteiger partial charge in [-0.1, -0.05) is 25.4 Å². The van der Waals surface area contributed by atoms with Crippen LogP contribution in [0.1, 0.15) is 20.3 Å². The predicted octanol–water partition coefficient (Wildman–Crippen LogP) is 3.39. The van der Waals surface area contributed by atoms with Gasteiger partial charge in [0.1, 0.15) is 6.33 Å². The van der Waals surface area contributed by atoms with Crippen LogP contribution >= 0.6 is 11.6 Å². The summed E-state index contributed by atoms with van der Waals surface area (Å²) in [4.78, 5) is 10.8. The van der Waals surface area contributed by atoms with E-state index in [1.54, 1.807) is 0 Å². The number of nitrogens with zero attached hydrogens (tertiary/aromatic N) is 3. The third kappa shape index (κ3) is 3.81. The highest BCUT2D eigenvalue weighted by Crippen LogP contribution is 2.24. The summed E-state index contributed by atoms with van der Waals surface area (Å²) in [7, 11) is 0. The molecule has 4 nitrogen and oxygen atoms in total. The Hall–Kier alpha value is -1.39. The third-order valence-corrected chi connectivity index (χ3v) is 3.55. The SMILES string of the molecule is CCN(CC)CCCOc1ncnc2ccc(Cl)cc12. The molecule has 0 aliphatic rings. The zero-order valence-corrected chi connectivity index (χ0v) is 12.7. The monoisotopic (exact) mass is 293 g/mol. The second kappa shape index (κ2) is 7.41. The third-order valence-electron chi connectivity index (χ3n) is 3.31. The Labute approximate surface area is 124 Å². The van der Waals surface area contributed by atoms with Gasteiger partial charge in [-0.05, 0) is 37.7 Å². The Morgan fingerprint density at radius 2 is 2.00 bits per heavy atom. The van der Waals surface area contributed by atoms with E-state index in [2.05, 4.69) is 28.7 Å². The molecule has 1 aromatic carbocycles. The van der Waals surface area contributed by atoms with Crippen LogP contribution in [0.4, 0.5) is 0 Å². The molecule has 108 valence electrons. The number of ether oxygens (including phenoxy) is 1. The number of halogens is 1. The zero-order valence-electron chi connectivity index (χ0n) is 12.0. The summed E-state index contributed by atoms with van der Waals surface area (Å²) in [5, 5.41) is 1.53. The van der Waals surface area contributed by atoms with Crippen molar-refractivity contribution in [2.75, 3.05) is 26.2 Å². The van der Waals surface area contributed by atoms with E-state index >= 15 is 0 Å². The molecular weight excluding hydrogens is 274 g/mol. The average molecular weight is 294 g/mol. The van der Waals surface area contributed by atoms with Gasteiger partial charge in [-0.2, -0.15) is 0 Å². The lowest BCUT2D eigenvalue weighted by Gasteiger charge is -2.17. The van der Waals surface area contributed by atoms with Gasteiger partial charge in [-0.3, -0.25) is 0 Å². The Kier molecular flexibility index (Phi) is 5.56. The van der Waals surface area contributed by atoms with Gasteiger partial charge in [0.25, 0.3) is 0 Å². The fraction of sp³-hybridized carbons (Fsp3) is 0.467. The van der Waals surface area contributed by atoms with E-state index in [1.165, 1.54) is 6.33 Å². The van der Waals surface area contributed by atoms with Gasteiger partial charge < -0.3 is 9.64 Å². The highest BCUT2D eigenvalue weighted by atomic mass is 35.5. The Morgan fingerprint density at radius 3 is 2.75 bits per heavy atom. The van der Waals surface area contributed by atoms with Gasteiger partial charge in [0.05, 0.1) is 17.5 Å². The Bertz CT molecular complexity index is 558. The molecule has 0 unspecified atom stereocenters. The first-order valence-corrected chi connectivity index (χ1v) is 7.37. The van der Waals surface area contributed by atoms with Gasteiger partial charge in [0.15, 0.2) is 0 Å². The molecule has 20 heavy (non-hydrogen) atoms. The number of benzene rings is 1. The molecule has 0 saturated heterocycles. The van der Waals surface area contributed by atoms with Crippen molar-refractivity contribution in [3.63, 3.8) is 0 Å². The maximum absolute atomic E-state index is 6.01. The minimum atomic E-state index is 0.608. The minimum absolute atomic E-state index is 0.608. The normalized spacial score (nSPS) is 11.2. The van der Waals surface area contributed by atoms with Crippen LogP contribution in [-0.4, -0.2) is 41.1 Å². The molecule has 0 amide bonds. The summed E-state index contributed by atoms with van der Waals surface area (Å²) in [5.41, 5.74) is 0.850. The van der Waals surface area contributed by atoms with Crippen molar-refractivity contribution in [2.45, 2.75) is 20.3 Å². The van der Waals surface area contributed by atoms with E-state index in [1.807, 2.05) is 18.2 Å². The van der Waals surface area contributed by atoms with Crippen molar-refractivity contribution in [1.29, 1.82) is 0 Å². The molecular formula is C15H20ClN3O. The first kappa shape index (κ1) is 15.0. The van der Waals surface area contributed by atoms with Crippen LogP contribution in [0.2, 0.25) is 5.02 Å². The molecule has 0 saturated carbocycles. The van der Waals surface area contributed by atoms with Crippen LogP contribution in [0.15, 0.2) is 24.5 Å². The van der Waals surface area contributed by atoms with Gasteiger partial charge >= 0.3 is 0 Å². The first-order valence-electron chi connectivity index (χ1n) is 7.00. The molecule has 0 radical (unpaired) electrons. The maximum atomic E-state index is 6.01. The number of aromatic nitrogens is 2. The molecule has 2 rings (SSSR count).